The van der Waals surface area contributed by atoms with E-state index in [0.29, 0.717) is 28.7 Å². The molecule has 7 nitrogen and oxygen atoms in total. The Kier molecular flexibility index (Phi) is 5.12. The van der Waals surface area contributed by atoms with Gasteiger partial charge in [0, 0.05) is 11.6 Å². The summed E-state index contributed by atoms with van der Waals surface area (Å²) in [6.07, 6.45) is 0. The van der Waals surface area contributed by atoms with Crippen LogP contribution in [0.15, 0.2) is 36.4 Å². The summed E-state index contributed by atoms with van der Waals surface area (Å²) in [5, 5.41) is 14.7. The highest BCUT2D eigenvalue weighted by Crippen LogP contribution is 2.42. The molecule has 0 bridgehead atoms. The summed E-state index contributed by atoms with van der Waals surface area (Å²) in [5.41, 5.74) is 3.18. The van der Waals surface area contributed by atoms with Gasteiger partial charge >= 0.3 is 0 Å². The normalized spacial score (nSPS) is 10.6. The van der Waals surface area contributed by atoms with Crippen LogP contribution in [0.3, 0.4) is 0 Å². The molecule has 0 aliphatic rings. The van der Waals surface area contributed by atoms with E-state index in [-0.39, 0.29) is 5.75 Å². The van der Waals surface area contributed by atoms with Crippen LogP contribution in [0.2, 0.25) is 0 Å². The highest BCUT2D eigenvalue weighted by molar-refractivity contribution is 5.70. The van der Waals surface area contributed by atoms with E-state index < -0.39 is 0 Å². The fourth-order valence-electron chi connectivity index (χ4n) is 2.94. The van der Waals surface area contributed by atoms with Gasteiger partial charge in [0.2, 0.25) is 5.75 Å². The third-order valence-electron chi connectivity index (χ3n) is 4.20. The Morgan fingerprint density at radius 1 is 0.815 bits per heavy atom. The monoisotopic (exact) mass is 370 g/mol. The van der Waals surface area contributed by atoms with Crippen LogP contribution in [-0.4, -0.2) is 43.3 Å². The van der Waals surface area contributed by atoms with Crippen molar-refractivity contribution < 1.29 is 24.1 Å². The zero-order valence-corrected chi connectivity index (χ0v) is 15.9. The van der Waals surface area contributed by atoms with Crippen molar-refractivity contribution in [3.63, 3.8) is 0 Å². The quantitative estimate of drug-likeness (QED) is 0.715. The largest absolute Gasteiger partial charge is 0.504 e. The van der Waals surface area contributed by atoms with Crippen LogP contribution in [0.1, 0.15) is 5.69 Å². The van der Waals surface area contributed by atoms with Gasteiger partial charge in [-0.15, -0.1) is 0 Å². The number of aromatic nitrogens is 2. The summed E-state index contributed by atoms with van der Waals surface area (Å²) in [6.45, 7) is 1.90. The molecule has 0 saturated heterocycles. The predicted molar refractivity (Wildman–Crippen MR) is 102 cm³/mol. The van der Waals surface area contributed by atoms with E-state index in [0.717, 1.165) is 17.0 Å². The van der Waals surface area contributed by atoms with Gasteiger partial charge in [-0.2, -0.15) is 5.10 Å². The molecule has 0 amide bonds. The Hall–Kier alpha value is -3.35. The SMILES string of the molecule is COc1ccc(-n2nc(C)cc2-c2cc(OC)c(OC)c(OC)c2)cc1O. The first-order valence-electron chi connectivity index (χ1n) is 8.26. The van der Waals surface area contributed by atoms with Crippen LogP contribution in [0, 0.1) is 6.92 Å². The summed E-state index contributed by atoms with van der Waals surface area (Å²) >= 11 is 0. The van der Waals surface area contributed by atoms with Crippen LogP contribution < -0.4 is 18.9 Å². The molecule has 3 rings (SSSR count). The van der Waals surface area contributed by atoms with Crippen molar-refractivity contribution in [2.45, 2.75) is 6.92 Å². The summed E-state index contributed by atoms with van der Waals surface area (Å²) in [4.78, 5) is 0. The average molecular weight is 370 g/mol. The molecule has 0 radical (unpaired) electrons. The van der Waals surface area contributed by atoms with Crippen molar-refractivity contribution in [3.8, 4) is 45.7 Å². The third-order valence-corrected chi connectivity index (χ3v) is 4.20. The van der Waals surface area contributed by atoms with Gasteiger partial charge in [0.25, 0.3) is 0 Å². The van der Waals surface area contributed by atoms with Crippen LogP contribution in [0.25, 0.3) is 16.9 Å². The first-order valence-corrected chi connectivity index (χ1v) is 8.26. The van der Waals surface area contributed by atoms with E-state index in [9.17, 15) is 5.11 Å². The van der Waals surface area contributed by atoms with Crippen LogP contribution in [0.4, 0.5) is 0 Å². The number of phenols is 1. The first-order chi connectivity index (χ1) is 13.0. The van der Waals surface area contributed by atoms with Crippen molar-refractivity contribution in [3.05, 3.63) is 42.1 Å². The van der Waals surface area contributed by atoms with Crippen molar-refractivity contribution in [2.24, 2.45) is 0 Å². The lowest BCUT2D eigenvalue weighted by atomic mass is 10.1. The third kappa shape index (κ3) is 3.36. The number of hydrogen-bond acceptors (Lipinski definition) is 6. The van der Waals surface area contributed by atoms with Crippen molar-refractivity contribution in [1.82, 2.24) is 9.78 Å². The molecule has 2 aromatic carbocycles. The van der Waals surface area contributed by atoms with Gasteiger partial charge in [-0.1, -0.05) is 0 Å². The number of aryl methyl sites for hydroxylation is 1. The van der Waals surface area contributed by atoms with E-state index in [1.165, 1.54) is 7.11 Å². The molecular formula is C20H22N2O5. The van der Waals surface area contributed by atoms with Gasteiger partial charge in [-0.3, -0.25) is 0 Å². The Morgan fingerprint density at radius 3 is 1.96 bits per heavy atom. The van der Waals surface area contributed by atoms with Gasteiger partial charge < -0.3 is 24.1 Å². The molecule has 142 valence electrons. The Balaban J connectivity index is 2.18. The second kappa shape index (κ2) is 7.49. The number of benzene rings is 2. The Bertz CT molecular complexity index is 940. The topological polar surface area (TPSA) is 75.0 Å². The molecule has 0 fully saturated rings. The molecule has 3 aromatic rings. The maximum absolute atomic E-state index is 10.1. The minimum absolute atomic E-state index is 0.0407. The summed E-state index contributed by atoms with van der Waals surface area (Å²) in [7, 11) is 6.22. The lowest BCUT2D eigenvalue weighted by Crippen LogP contribution is -2.01. The molecule has 1 N–H and O–H groups in total. The van der Waals surface area contributed by atoms with E-state index >= 15 is 0 Å². The number of methoxy groups -OCH3 is 4. The number of hydrogen-bond donors (Lipinski definition) is 1. The van der Waals surface area contributed by atoms with Gasteiger partial charge in [-0.25, -0.2) is 4.68 Å². The van der Waals surface area contributed by atoms with E-state index in [4.69, 9.17) is 18.9 Å². The Labute approximate surface area is 157 Å². The second-order valence-electron chi connectivity index (χ2n) is 5.85. The minimum Gasteiger partial charge on any atom is -0.504 e. The highest BCUT2D eigenvalue weighted by Gasteiger charge is 2.18. The number of aromatic hydroxyl groups is 1. The van der Waals surface area contributed by atoms with Crippen molar-refractivity contribution in [1.29, 1.82) is 0 Å². The smallest absolute Gasteiger partial charge is 0.203 e. The fraction of sp³-hybridized carbons (Fsp3) is 0.250. The zero-order chi connectivity index (χ0) is 19.6. The molecule has 1 heterocycles. The van der Waals surface area contributed by atoms with E-state index in [2.05, 4.69) is 5.10 Å². The number of ether oxygens (including phenoxy) is 4. The molecule has 1 aromatic heterocycles. The summed E-state index contributed by atoms with van der Waals surface area (Å²) < 4.78 is 23.2. The molecule has 0 aliphatic heterocycles. The van der Waals surface area contributed by atoms with Gasteiger partial charge in [0.15, 0.2) is 23.0 Å². The predicted octanol–water partition coefficient (Wildman–Crippen LogP) is 3.59. The van der Waals surface area contributed by atoms with Gasteiger partial charge in [0.05, 0.1) is 45.5 Å². The van der Waals surface area contributed by atoms with Crippen LogP contribution in [0.5, 0.6) is 28.7 Å². The lowest BCUT2D eigenvalue weighted by molar-refractivity contribution is 0.324. The van der Waals surface area contributed by atoms with Crippen molar-refractivity contribution >= 4 is 0 Å². The molecule has 0 saturated carbocycles. The van der Waals surface area contributed by atoms with Crippen molar-refractivity contribution in [2.75, 3.05) is 28.4 Å². The molecular weight excluding hydrogens is 348 g/mol. The Morgan fingerprint density at radius 2 is 1.44 bits per heavy atom. The molecule has 7 heteroatoms. The lowest BCUT2D eigenvalue weighted by Gasteiger charge is -2.15. The number of nitrogens with zero attached hydrogens (tertiary/aromatic N) is 2. The molecule has 0 spiro atoms. The minimum atomic E-state index is 0.0407. The number of phenolic OH excluding ortho intramolecular Hbond substituents is 1. The van der Waals surface area contributed by atoms with E-state index in [1.54, 1.807) is 38.1 Å². The van der Waals surface area contributed by atoms with Crippen LogP contribution >= 0.6 is 0 Å². The zero-order valence-electron chi connectivity index (χ0n) is 15.9. The highest BCUT2D eigenvalue weighted by atomic mass is 16.5. The molecule has 0 aliphatic carbocycles. The number of rotatable bonds is 6. The molecule has 0 unspecified atom stereocenters. The molecule has 27 heavy (non-hydrogen) atoms. The fourth-order valence-corrected chi connectivity index (χ4v) is 2.94. The standard InChI is InChI=1S/C20H22N2O5/c1-12-8-15(13-9-18(25-3)20(27-5)19(10-13)26-4)22(21-12)14-6-7-17(24-2)16(23)11-14/h6-11,23H,1-5H3. The molecule has 0 atom stereocenters. The maximum Gasteiger partial charge on any atom is 0.203 e. The first kappa shape index (κ1) is 18.4. The average Bonchev–Trinajstić information content (AvgIpc) is 3.08. The summed E-state index contributed by atoms with van der Waals surface area (Å²) in [5.74, 6) is 2.06. The van der Waals surface area contributed by atoms with E-state index in [1.807, 2.05) is 31.2 Å². The van der Waals surface area contributed by atoms with Crippen LogP contribution in [-0.2, 0) is 0 Å². The maximum atomic E-state index is 10.1. The summed E-state index contributed by atoms with van der Waals surface area (Å²) in [6, 6.07) is 10.8. The van der Waals surface area contributed by atoms with Gasteiger partial charge in [0.1, 0.15) is 0 Å². The second-order valence-corrected chi connectivity index (χ2v) is 5.85. The van der Waals surface area contributed by atoms with Gasteiger partial charge in [-0.05, 0) is 37.3 Å².